The molecule has 0 radical (unpaired) electrons. The number of benzene rings is 3. The molecular weight excluding hydrogens is 418 g/mol. The number of anilines is 1. The zero-order valence-corrected chi connectivity index (χ0v) is 17.3. The highest BCUT2D eigenvalue weighted by Gasteiger charge is 2.28. The molecular formula is C24H18ClNO5. The summed E-state index contributed by atoms with van der Waals surface area (Å²) in [5, 5.41) is 3.33. The number of esters is 2. The summed E-state index contributed by atoms with van der Waals surface area (Å²) in [5.41, 5.74) is 2.92. The van der Waals surface area contributed by atoms with Gasteiger partial charge in [0, 0.05) is 17.0 Å². The number of cyclic esters (lactones) is 1. The SMILES string of the molecule is COC(=O)c1ccccc1NC(=O)c1ccc2c(c1)C[C@H](c1ccc(Cl)cc1)OC2=O. The van der Waals surface area contributed by atoms with Crippen molar-refractivity contribution in [3.05, 3.63) is 99.6 Å². The van der Waals surface area contributed by atoms with E-state index >= 15 is 0 Å². The number of amides is 1. The van der Waals surface area contributed by atoms with Gasteiger partial charge in [0.1, 0.15) is 6.10 Å². The number of halogens is 1. The van der Waals surface area contributed by atoms with Crippen molar-refractivity contribution in [3.8, 4) is 0 Å². The maximum absolute atomic E-state index is 12.8. The van der Waals surface area contributed by atoms with Gasteiger partial charge in [0.15, 0.2) is 0 Å². The molecule has 0 saturated carbocycles. The molecule has 4 rings (SSSR count). The van der Waals surface area contributed by atoms with Crippen molar-refractivity contribution < 1.29 is 23.9 Å². The Morgan fingerprint density at radius 1 is 1.06 bits per heavy atom. The van der Waals surface area contributed by atoms with E-state index in [4.69, 9.17) is 21.1 Å². The minimum Gasteiger partial charge on any atom is -0.465 e. The maximum atomic E-state index is 12.8. The third-order valence-electron chi connectivity index (χ3n) is 5.06. The van der Waals surface area contributed by atoms with Crippen molar-refractivity contribution in [2.24, 2.45) is 0 Å². The summed E-state index contributed by atoms with van der Waals surface area (Å²) in [5.74, 6) is -1.39. The molecule has 1 atom stereocenters. The lowest BCUT2D eigenvalue weighted by molar-refractivity contribution is 0.0252. The van der Waals surface area contributed by atoms with Gasteiger partial charge in [-0.3, -0.25) is 4.79 Å². The van der Waals surface area contributed by atoms with Crippen molar-refractivity contribution in [2.45, 2.75) is 12.5 Å². The van der Waals surface area contributed by atoms with Crippen LogP contribution in [0.25, 0.3) is 0 Å². The first-order valence-corrected chi connectivity index (χ1v) is 9.92. The quantitative estimate of drug-likeness (QED) is 0.593. The number of carbonyl (C=O) groups is 3. The van der Waals surface area contributed by atoms with E-state index in [-0.39, 0.29) is 5.56 Å². The summed E-state index contributed by atoms with van der Waals surface area (Å²) in [4.78, 5) is 37.2. The van der Waals surface area contributed by atoms with Crippen LogP contribution in [0.4, 0.5) is 5.69 Å². The van der Waals surface area contributed by atoms with Crippen LogP contribution in [0.3, 0.4) is 0 Å². The molecule has 156 valence electrons. The Hall–Kier alpha value is -3.64. The molecule has 0 aromatic heterocycles. The van der Waals surface area contributed by atoms with E-state index in [0.29, 0.717) is 33.8 Å². The highest BCUT2D eigenvalue weighted by Crippen LogP contribution is 2.32. The Morgan fingerprint density at radius 2 is 1.81 bits per heavy atom. The minimum atomic E-state index is -0.546. The van der Waals surface area contributed by atoms with Gasteiger partial charge in [0.2, 0.25) is 0 Å². The predicted molar refractivity (Wildman–Crippen MR) is 115 cm³/mol. The molecule has 31 heavy (non-hydrogen) atoms. The van der Waals surface area contributed by atoms with Crippen molar-refractivity contribution in [2.75, 3.05) is 12.4 Å². The number of carbonyl (C=O) groups excluding carboxylic acids is 3. The van der Waals surface area contributed by atoms with E-state index in [2.05, 4.69) is 5.32 Å². The Morgan fingerprint density at radius 3 is 2.55 bits per heavy atom. The lowest BCUT2D eigenvalue weighted by Gasteiger charge is -2.25. The molecule has 3 aromatic carbocycles. The second kappa shape index (κ2) is 8.62. The van der Waals surface area contributed by atoms with Crippen LogP contribution in [0.15, 0.2) is 66.7 Å². The summed E-state index contributed by atoms with van der Waals surface area (Å²) < 4.78 is 10.3. The Kier molecular flexibility index (Phi) is 5.73. The van der Waals surface area contributed by atoms with Crippen LogP contribution in [0.2, 0.25) is 5.02 Å². The predicted octanol–water partition coefficient (Wildman–Crippen LogP) is 4.83. The molecule has 0 saturated heterocycles. The molecule has 0 spiro atoms. The number of fused-ring (bicyclic) bond motifs is 1. The smallest absolute Gasteiger partial charge is 0.339 e. The molecule has 1 aliphatic rings. The van der Waals surface area contributed by atoms with Crippen LogP contribution in [-0.4, -0.2) is 25.0 Å². The van der Waals surface area contributed by atoms with Crippen LogP contribution >= 0.6 is 11.6 Å². The number of para-hydroxylation sites is 1. The first kappa shape index (κ1) is 20.6. The minimum absolute atomic E-state index is 0.252. The number of hydrogen-bond acceptors (Lipinski definition) is 5. The fourth-order valence-corrected chi connectivity index (χ4v) is 3.60. The lowest BCUT2D eigenvalue weighted by atomic mass is 9.93. The first-order chi connectivity index (χ1) is 15.0. The fourth-order valence-electron chi connectivity index (χ4n) is 3.47. The second-order valence-electron chi connectivity index (χ2n) is 7.01. The number of methoxy groups -OCH3 is 1. The second-order valence-corrected chi connectivity index (χ2v) is 7.45. The molecule has 3 aromatic rings. The molecule has 1 N–H and O–H groups in total. The first-order valence-electron chi connectivity index (χ1n) is 9.54. The van der Waals surface area contributed by atoms with E-state index in [0.717, 1.165) is 5.56 Å². The zero-order chi connectivity index (χ0) is 22.0. The van der Waals surface area contributed by atoms with Crippen molar-refractivity contribution >= 4 is 35.1 Å². The average Bonchev–Trinajstić information content (AvgIpc) is 2.79. The summed E-state index contributed by atoms with van der Waals surface area (Å²) >= 11 is 5.94. The Bertz CT molecular complexity index is 1170. The topological polar surface area (TPSA) is 81.7 Å². The Labute approximate surface area is 183 Å². The zero-order valence-electron chi connectivity index (χ0n) is 16.6. The summed E-state index contributed by atoms with van der Waals surface area (Å²) in [6.45, 7) is 0. The van der Waals surface area contributed by atoms with Gasteiger partial charge in [-0.1, -0.05) is 35.9 Å². The van der Waals surface area contributed by atoms with Crippen LogP contribution in [0, 0.1) is 0 Å². The molecule has 0 bridgehead atoms. The summed E-state index contributed by atoms with van der Waals surface area (Å²) in [6, 6.07) is 18.5. The number of hydrogen-bond donors (Lipinski definition) is 1. The van der Waals surface area contributed by atoms with E-state index in [1.165, 1.54) is 7.11 Å². The van der Waals surface area contributed by atoms with Crippen molar-refractivity contribution in [1.29, 1.82) is 0 Å². The fraction of sp³-hybridized carbons (Fsp3) is 0.125. The van der Waals surface area contributed by atoms with Crippen molar-refractivity contribution in [1.82, 2.24) is 0 Å². The van der Waals surface area contributed by atoms with E-state index in [1.807, 2.05) is 12.1 Å². The van der Waals surface area contributed by atoms with Gasteiger partial charge in [-0.2, -0.15) is 0 Å². The van der Waals surface area contributed by atoms with Crippen LogP contribution in [0.5, 0.6) is 0 Å². The van der Waals surface area contributed by atoms with Gasteiger partial charge in [-0.25, -0.2) is 9.59 Å². The summed E-state index contributed by atoms with van der Waals surface area (Å²) in [7, 11) is 1.28. The van der Waals surface area contributed by atoms with E-state index in [9.17, 15) is 14.4 Å². The average molecular weight is 436 g/mol. The highest BCUT2D eigenvalue weighted by molar-refractivity contribution is 6.30. The van der Waals surface area contributed by atoms with Gasteiger partial charge < -0.3 is 14.8 Å². The molecule has 1 aliphatic heterocycles. The molecule has 7 heteroatoms. The third kappa shape index (κ3) is 4.29. The molecule has 0 aliphatic carbocycles. The van der Waals surface area contributed by atoms with Gasteiger partial charge in [0.25, 0.3) is 5.91 Å². The number of ether oxygens (including phenoxy) is 2. The molecule has 0 fully saturated rings. The maximum Gasteiger partial charge on any atom is 0.339 e. The Balaban J connectivity index is 1.59. The lowest BCUT2D eigenvalue weighted by Crippen LogP contribution is -2.23. The highest BCUT2D eigenvalue weighted by atomic mass is 35.5. The van der Waals surface area contributed by atoms with Gasteiger partial charge in [-0.15, -0.1) is 0 Å². The van der Waals surface area contributed by atoms with E-state index < -0.39 is 23.9 Å². The largest absolute Gasteiger partial charge is 0.465 e. The van der Waals surface area contributed by atoms with Crippen LogP contribution in [-0.2, 0) is 15.9 Å². The van der Waals surface area contributed by atoms with Crippen LogP contribution < -0.4 is 5.32 Å². The van der Waals surface area contributed by atoms with Gasteiger partial charge >= 0.3 is 11.9 Å². The van der Waals surface area contributed by atoms with Gasteiger partial charge in [-0.05, 0) is 53.6 Å². The van der Waals surface area contributed by atoms with Crippen LogP contribution in [0.1, 0.15) is 48.3 Å². The van der Waals surface area contributed by atoms with Crippen molar-refractivity contribution in [3.63, 3.8) is 0 Å². The molecule has 1 heterocycles. The standard InChI is InChI=1S/C24H18ClNO5/c1-30-23(28)19-4-2-3-5-20(19)26-22(27)15-8-11-18-16(12-15)13-21(31-24(18)29)14-6-9-17(25)10-7-14/h2-12,21H,13H2,1H3,(H,26,27)/t21-/m1/s1. The van der Waals surface area contributed by atoms with E-state index in [1.54, 1.807) is 54.6 Å². The monoisotopic (exact) mass is 435 g/mol. The molecule has 1 amide bonds. The number of rotatable bonds is 4. The normalized spacial score (nSPS) is 14.9. The third-order valence-corrected chi connectivity index (χ3v) is 5.32. The molecule has 6 nitrogen and oxygen atoms in total. The number of nitrogens with one attached hydrogen (secondary N) is 1. The molecule has 0 unspecified atom stereocenters. The van der Waals surface area contributed by atoms with Gasteiger partial charge in [0.05, 0.1) is 23.9 Å². The summed E-state index contributed by atoms with van der Waals surface area (Å²) in [6.07, 6.45) is -0.0293.